The highest BCUT2D eigenvalue weighted by molar-refractivity contribution is 7.99. The standard InChI is InChI=1S/C10H17N5S/c11-7-3-4-15(6-7)10-12-9(13-14-10)8-2-1-5-16-8/h7-8H,1-6,11H2,(H,12,13,14). The van der Waals surface area contributed by atoms with Crippen molar-refractivity contribution >= 4 is 17.7 Å². The van der Waals surface area contributed by atoms with E-state index in [-0.39, 0.29) is 6.04 Å². The van der Waals surface area contributed by atoms with E-state index >= 15 is 0 Å². The molecule has 88 valence electrons. The van der Waals surface area contributed by atoms with E-state index < -0.39 is 0 Å². The number of nitrogens with one attached hydrogen (secondary N) is 1. The Kier molecular flexibility index (Phi) is 2.77. The Balaban J connectivity index is 1.72. The van der Waals surface area contributed by atoms with Crippen LogP contribution < -0.4 is 10.6 Å². The summed E-state index contributed by atoms with van der Waals surface area (Å²) in [7, 11) is 0. The first kappa shape index (κ1) is 10.4. The van der Waals surface area contributed by atoms with Gasteiger partial charge in [-0.3, -0.25) is 5.10 Å². The van der Waals surface area contributed by atoms with Crippen molar-refractivity contribution in [2.24, 2.45) is 5.73 Å². The lowest BCUT2D eigenvalue weighted by Gasteiger charge is -2.11. The molecule has 16 heavy (non-hydrogen) atoms. The first-order chi connectivity index (χ1) is 7.83. The van der Waals surface area contributed by atoms with Crippen LogP contribution in [0.3, 0.4) is 0 Å². The van der Waals surface area contributed by atoms with Crippen LogP contribution in [0.1, 0.15) is 30.3 Å². The third-order valence-electron chi connectivity index (χ3n) is 3.23. The van der Waals surface area contributed by atoms with Crippen LogP contribution in [0.2, 0.25) is 0 Å². The summed E-state index contributed by atoms with van der Waals surface area (Å²) < 4.78 is 0. The predicted octanol–water partition coefficient (Wildman–Crippen LogP) is 0.910. The molecule has 3 heterocycles. The lowest BCUT2D eigenvalue weighted by Crippen LogP contribution is -2.27. The van der Waals surface area contributed by atoms with Crippen LogP contribution in [0.4, 0.5) is 5.95 Å². The second-order valence-electron chi connectivity index (χ2n) is 4.52. The predicted molar refractivity (Wildman–Crippen MR) is 65.6 cm³/mol. The molecule has 6 heteroatoms. The Morgan fingerprint density at radius 3 is 3.06 bits per heavy atom. The third kappa shape index (κ3) is 1.91. The highest BCUT2D eigenvalue weighted by Crippen LogP contribution is 2.38. The molecule has 2 aliphatic heterocycles. The maximum Gasteiger partial charge on any atom is 0.244 e. The van der Waals surface area contributed by atoms with Gasteiger partial charge < -0.3 is 10.6 Å². The molecule has 0 bridgehead atoms. The quantitative estimate of drug-likeness (QED) is 0.802. The molecule has 5 nitrogen and oxygen atoms in total. The van der Waals surface area contributed by atoms with Crippen molar-refractivity contribution in [3.8, 4) is 0 Å². The van der Waals surface area contributed by atoms with E-state index in [1.807, 2.05) is 11.8 Å². The summed E-state index contributed by atoms with van der Waals surface area (Å²) in [6.45, 7) is 1.87. The smallest absolute Gasteiger partial charge is 0.244 e. The fraction of sp³-hybridized carbons (Fsp3) is 0.800. The summed E-state index contributed by atoms with van der Waals surface area (Å²) in [5.74, 6) is 3.11. The molecule has 2 atom stereocenters. The van der Waals surface area contributed by atoms with E-state index in [1.54, 1.807) is 0 Å². The number of aromatic nitrogens is 3. The van der Waals surface area contributed by atoms with Gasteiger partial charge in [-0.2, -0.15) is 16.7 Å². The number of H-pyrrole nitrogens is 1. The van der Waals surface area contributed by atoms with Crippen LogP contribution in [-0.2, 0) is 0 Å². The lowest BCUT2D eigenvalue weighted by molar-refractivity contribution is 0.750. The van der Waals surface area contributed by atoms with E-state index in [2.05, 4.69) is 20.1 Å². The number of nitrogens with two attached hydrogens (primary N) is 1. The van der Waals surface area contributed by atoms with Crippen LogP contribution in [0.5, 0.6) is 0 Å². The molecule has 0 amide bonds. The van der Waals surface area contributed by atoms with Gasteiger partial charge in [0.2, 0.25) is 5.95 Å². The number of nitrogens with zero attached hydrogens (tertiary/aromatic N) is 3. The van der Waals surface area contributed by atoms with Crippen molar-refractivity contribution in [3.05, 3.63) is 5.82 Å². The fourth-order valence-corrected chi connectivity index (χ4v) is 3.53. The summed E-state index contributed by atoms with van der Waals surface area (Å²) in [4.78, 5) is 6.76. The normalized spacial score (nSPS) is 30.2. The molecule has 3 rings (SSSR count). The number of hydrogen-bond donors (Lipinski definition) is 2. The monoisotopic (exact) mass is 239 g/mol. The number of rotatable bonds is 2. The van der Waals surface area contributed by atoms with Gasteiger partial charge in [0.15, 0.2) is 0 Å². The Labute approximate surface area is 99.2 Å². The Morgan fingerprint density at radius 1 is 1.44 bits per heavy atom. The zero-order chi connectivity index (χ0) is 11.0. The van der Waals surface area contributed by atoms with Crippen LogP contribution >= 0.6 is 11.8 Å². The highest BCUT2D eigenvalue weighted by Gasteiger charge is 2.25. The summed E-state index contributed by atoms with van der Waals surface area (Å²) in [6, 6.07) is 0.280. The van der Waals surface area contributed by atoms with Crippen LogP contribution in [0.25, 0.3) is 0 Å². The minimum Gasteiger partial charge on any atom is -0.338 e. The molecule has 2 unspecified atom stereocenters. The fourth-order valence-electron chi connectivity index (χ4n) is 2.31. The van der Waals surface area contributed by atoms with Crippen LogP contribution in [-0.4, -0.2) is 40.1 Å². The molecule has 0 aliphatic carbocycles. The number of thioether (sulfide) groups is 1. The summed E-state index contributed by atoms with van der Waals surface area (Å²) >= 11 is 1.97. The van der Waals surface area contributed by atoms with E-state index in [4.69, 9.17) is 5.73 Å². The number of aromatic amines is 1. The molecule has 2 aliphatic rings. The molecule has 0 spiro atoms. The molecule has 2 saturated heterocycles. The first-order valence-corrected chi connectivity index (χ1v) is 6.92. The van der Waals surface area contributed by atoms with Crippen LogP contribution in [0, 0.1) is 0 Å². The van der Waals surface area contributed by atoms with Crippen molar-refractivity contribution < 1.29 is 0 Å². The molecule has 3 N–H and O–H groups in total. The topological polar surface area (TPSA) is 70.8 Å². The Bertz CT molecular complexity index is 360. The zero-order valence-corrected chi connectivity index (χ0v) is 10.0. The van der Waals surface area contributed by atoms with E-state index in [0.717, 1.165) is 31.3 Å². The summed E-state index contributed by atoms with van der Waals surface area (Å²) in [5, 5.41) is 7.90. The van der Waals surface area contributed by atoms with E-state index in [9.17, 15) is 0 Å². The molecule has 2 fully saturated rings. The second kappa shape index (κ2) is 4.25. The van der Waals surface area contributed by atoms with Gasteiger partial charge in [0.1, 0.15) is 5.82 Å². The molecular formula is C10H17N5S. The largest absolute Gasteiger partial charge is 0.338 e. The molecule has 0 aromatic carbocycles. The van der Waals surface area contributed by atoms with Gasteiger partial charge in [-0.1, -0.05) is 0 Å². The molecule has 0 radical (unpaired) electrons. The highest BCUT2D eigenvalue weighted by atomic mass is 32.2. The molecule has 0 saturated carbocycles. The van der Waals surface area contributed by atoms with Crippen molar-refractivity contribution in [3.63, 3.8) is 0 Å². The van der Waals surface area contributed by atoms with Crippen molar-refractivity contribution in [2.75, 3.05) is 23.7 Å². The molecule has 1 aromatic heterocycles. The SMILES string of the molecule is NC1CCN(c2n[nH]c(C3CCCS3)n2)C1. The average Bonchev–Trinajstić information content (AvgIpc) is 2.97. The number of anilines is 1. The van der Waals surface area contributed by atoms with Gasteiger partial charge in [0.25, 0.3) is 0 Å². The van der Waals surface area contributed by atoms with Crippen LogP contribution in [0.15, 0.2) is 0 Å². The van der Waals surface area contributed by atoms with Gasteiger partial charge >= 0.3 is 0 Å². The Hall–Kier alpha value is -0.750. The van der Waals surface area contributed by atoms with Gasteiger partial charge in [-0.25, -0.2) is 0 Å². The van der Waals surface area contributed by atoms with Crippen molar-refractivity contribution in [1.29, 1.82) is 0 Å². The van der Waals surface area contributed by atoms with Gasteiger partial charge in [0.05, 0.1) is 5.25 Å². The maximum absolute atomic E-state index is 5.88. The zero-order valence-electron chi connectivity index (χ0n) is 9.22. The third-order valence-corrected chi connectivity index (χ3v) is 4.62. The van der Waals surface area contributed by atoms with Gasteiger partial charge in [0, 0.05) is 19.1 Å². The molecular weight excluding hydrogens is 222 g/mol. The summed E-state index contributed by atoms with van der Waals surface area (Å²) in [5.41, 5.74) is 5.88. The van der Waals surface area contributed by atoms with E-state index in [1.165, 1.54) is 18.6 Å². The maximum atomic E-state index is 5.88. The first-order valence-electron chi connectivity index (χ1n) is 5.87. The van der Waals surface area contributed by atoms with Gasteiger partial charge in [-0.05, 0) is 25.0 Å². The van der Waals surface area contributed by atoms with Crippen molar-refractivity contribution in [2.45, 2.75) is 30.6 Å². The minimum atomic E-state index is 0.280. The summed E-state index contributed by atoms with van der Waals surface area (Å²) in [6.07, 6.45) is 3.56. The Morgan fingerprint density at radius 2 is 2.38 bits per heavy atom. The van der Waals surface area contributed by atoms with E-state index in [0.29, 0.717) is 5.25 Å². The lowest BCUT2D eigenvalue weighted by atomic mass is 10.2. The second-order valence-corrected chi connectivity index (χ2v) is 5.83. The van der Waals surface area contributed by atoms with Gasteiger partial charge in [-0.15, -0.1) is 5.10 Å². The molecule has 1 aromatic rings. The average molecular weight is 239 g/mol. The minimum absolute atomic E-state index is 0.280. The number of hydrogen-bond acceptors (Lipinski definition) is 5. The van der Waals surface area contributed by atoms with Crippen molar-refractivity contribution in [1.82, 2.24) is 15.2 Å².